The minimum Gasteiger partial charge on any atom is -0.423 e. The first-order valence-electron chi connectivity index (χ1n) is 6.69. The number of nitrogens with one attached hydrogen (secondary N) is 1. The van der Waals surface area contributed by atoms with Crippen LogP contribution in [0.15, 0.2) is 41.3 Å². The monoisotopic (exact) mass is 316 g/mol. The molecule has 0 fully saturated rings. The Labute approximate surface area is 130 Å². The molecule has 0 radical (unpaired) electrons. The first-order valence-corrected chi connectivity index (χ1v) is 6.69. The van der Waals surface area contributed by atoms with Gasteiger partial charge in [0.25, 0.3) is 5.89 Å². The summed E-state index contributed by atoms with van der Waals surface area (Å²) in [6.07, 6.45) is 2.62. The minimum absolute atomic E-state index is 0.0477. The third-order valence-corrected chi connectivity index (χ3v) is 3.16. The Kier molecular flexibility index (Phi) is 4.11. The first-order chi connectivity index (χ1) is 11.2. The van der Waals surface area contributed by atoms with Gasteiger partial charge in [-0.3, -0.25) is 0 Å². The first kappa shape index (κ1) is 14.9. The van der Waals surface area contributed by atoms with Crippen molar-refractivity contribution in [1.29, 1.82) is 0 Å². The molecule has 0 saturated carbocycles. The van der Waals surface area contributed by atoms with Crippen LogP contribution in [-0.4, -0.2) is 31.9 Å². The van der Waals surface area contributed by atoms with Crippen molar-refractivity contribution >= 4 is 11.8 Å². The minimum atomic E-state index is -0.522. The largest absolute Gasteiger partial charge is 0.423 e. The number of aliphatic hydroxyl groups excluding tert-OH is 1. The van der Waals surface area contributed by atoms with E-state index in [-0.39, 0.29) is 24.3 Å². The molecule has 1 atom stereocenters. The Morgan fingerprint density at radius 3 is 2.74 bits per heavy atom. The van der Waals surface area contributed by atoms with E-state index >= 15 is 0 Å². The Morgan fingerprint density at radius 1 is 1.30 bits per heavy atom. The highest BCUT2D eigenvalue weighted by atomic mass is 19.1. The van der Waals surface area contributed by atoms with Gasteiger partial charge in [-0.05, 0) is 17.7 Å². The van der Waals surface area contributed by atoms with Crippen LogP contribution in [0, 0.1) is 5.82 Å². The van der Waals surface area contributed by atoms with Crippen molar-refractivity contribution in [3.05, 3.63) is 48.2 Å². The molecule has 3 rings (SSSR count). The van der Waals surface area contributed by atoms with Crippen LogP contribution in [0.3, 0.4) is 0 Å². The Bertz CT molecular complexity index is 778. The lowest BCUT2D eigenvalue weighted by Crippen LogP contribution is -2.17. The third kappa shape index (κ3) is 3.24. The summed E-state index contributed by atoms with van der Waals surface area (Å²) in [5, 5.41) is 20.1. The van der Waals surface area contributed by atoms with E-state index in [1.807, 2.05) is 0 Å². The molecule has 0 aliphatic heterocycles. The van der Waals surface area contributed by atoms with E-state index in [0.29, 0.717) is 16.9 Å². The molecule has 0 aliphatic rings. The molecular weight excluding hydrogens is 303 g/mol. The zero-order valence-corrected chi connectivity index (χ0v) is 11.8. The molecule has 118 valence electrons. The Morgan fingerprint density at radius 2 is 2.09 bits per heavy atom. The number of nitrogen functional groups attached to an aromatic ring is 1. The number of hydrogen-bond acceptors (Lipinski definition) is 8. The van der Waals surface area contributed by atoms with E-state index in [4.69, 9.17) is 10.2 Å². The Hall–Kier alpha value is -3.07. The van der Waals surface area contributed by atoms with Crippen LogP contribution in [0.1, 0.15) is 11.6 Å². The van der Waals surface area contributed by atoms with E-state index in [1.54, 1.807) is 12.1 Å². The molecule has 8 nitrogen and oxygen atoms in total. The summed E-state index contributed by atoms with van der Waals surface area (Å²) >= 11 is 0. The van der Waals surface area contributed by atoms with Crippen molar-refractivity contribution < 1.29 is 13.9 Å². The third-order valence-electron chi connectivity index (χ3n) is 3.16. The summed E-state index contributed by atoms with van der Waals surface area (Å²) < 4.78 is 18.2. The van der Waals surface area contributed by atoms with Crippen molar-refractivity contribution in [1.82, 2.24) is 20.2 Å². The summed E-state index contributed by atoms with van der Waals surface area (Å²) in [7, 11) is 0. The zero-order chi connectivity index (χ0) is 16.2. The second-order valence-corrected chi connectivity index (χ2v) is 4.67. The quantitative estimate of drug-likeness (QED) is 0.645. The fourth-order valence-electron chi connectivity index (χ4n) is 2.05. The van der Waals surface area contributed by atoms with Gasteiger partial charge in [0, 0.05) is 6.20 Å². The van der Waals surface area contributed by atoms with Crippen LogP contribution in [0.4, 0.5) is 16.2 Å². The van der Waals surface area contributed by atoms with Crippen LogP contribution < -0.4 is 11.1 Å². The van der Waals surface area contributed by atoms with Crippen LogP contribution in [0.5, 0.6) is 0 Å². The number of rotatable bonds is 5. The lowest BCUT2D eigenvalue weighted by Gasteiger charge is -2.18. The Balaban J connectivity index is 1.94. The molecule has 2 heterocycles. The highest BCUT2D eigenvalue weighted by molar-refractivity contribution is 5.69. The van der Waals surface area contributed by atoms with Crippen LogP contribution in [0.25, 0.3) is 11.5 Å². The van der Waals surface area contributed by atoms with Crippen molar-refractivity contribution in [3.8, 4) is 11.5 Å². The average Bonchev–Trinajstić information content (AvgIpc) is 3.08. The molecule has 0 spiro atoms. The fraction of sp³-hybridized carbons (Fsp3) is 0.143. The highest BCUT2D eigenvalue weighted by Gasteiger charge is 2.18. The number of anilines is 2. The van der Waals surface area contributed by atoms with Gasteiger partial charge in [-0.2, -0.15) is 4.98 Å². The van der Waals surface area contributed by atoms with Gasteiger partial charge in [0.15, 0.2) is 0 Å². The highest BCUT2D eigenvalue weighted by Crippen LogP contribution is 2.27. The summed E-state index contributed by atoms with van der Waals surface area (Å²) in [5.41, 5.74) is 6.74. The number of halogens is 1. The van der Waals surface area contributed by atoms with Gasteiger partial charge in [0.05, 0.1) is 18.2 Å². The van der Waals surface area contributed by atoms with Crippen molar-refractivity contribution in [3.63, 3.8) is 0 Å². The zero-order valence-electron chi connectivity index (χ0n) is 11.8. The standard InChI is InChI=1S/C14H13FN6O2/c15-9-3-1-8(2-4-9)11(6-22)19-12-10(5-17-14(16)20-12)13-21-18-7-23-13/h1-5,7,11,22H,6H2,(H3,16,17,19,20)/t11-/m1/s1. The van der Waals surface area contributed by atoms with Gasteiger partial charge < -0.3 is 20.6 Å². The second-order valence-electron chi connectivity index (χ2n) is 4.67. The van der Waals surface area contributed by atoms with Gasteiger partial charge in [-0.25, -0.2) is 9.37 Å². The lowest BCUT2D eigenvalue weighted by atomic mass is 10.1. The fourth-order valence-corrected chi connectivity index (χ4v) is 2.05. The number of nitrogens with two attached hydrogens (primary N) is 1. The van der Waals surface area contributed by atoms with E-state index in [9.17, 15) is 9.50 Å². The summed E-state index contributed by atoms with van der Waals surface area (Å²) in [4.78, 5) is 8.00. The van der Waals surface area contributed by atoms with Crippen molar-refractivity contribution in [2.45, 2.75) is 6.04 Å². The van der Waals surface area contributed by atoms with Gasteiger partial charge in [0.1, 0.15) is 11.6 Å². The van der Waals surface area contributed by atoms with Crippen LogP contribution >= 0.6 is 0 Å². The number of hydrogen-bond donors (Lipinski definition) is 3. The van der Waals surface area contributed by atoms with E-state index < -0.39 is 6.04 Å². The SMILES string of the molecule is Nc1ncc(-c2nnco2)c(N[C@H](CO)c2ccc(F)cc2)n1. The number of aromatic nitrogens is 4. The summed E-state index contributed by atoms with van der Waals surface area (Å²) in [6.45, 7) is -0.237. The molecule has 9 heteroatoms. The van der Waals surface area contributed by atoms with Crippen molar-refractivity contribution in [2.24, 2.45) is 0 Å². The predicted octanol–water partition coefficient (Wildman–Crippen LogP) is 1.39. The van der Waals surface area contributed by atoms with Gasteiger partial charge in [0.2, 0.25) is 12.3 Å². The van der Waals surface area contributed by atoms with Gasteiger partial charge in [-0.1, -0.05) is 12.1 Å². The van der Waals surface area contributed by atoms with Gasteiger partial charge in [-0.15, -0.1) is 10.2 Å². The number of benzene rings is 1. The molecule has 2 aromatic heterocycles. The smallest absolute Gasteiger partial charge is 0.252 e. The topological polar surface area (TPSA) is 123 Å². The molecule has 3 aromatic rings. The summed E-state index contributed by atoms with van der Waals surface area (Å²) in [5.74, 6) is 0.225. The number of nitrogens with zero attached hydrogens (tertiary/aromatic N) is 4. The molecule has 0 amide bonds. The maximum atomic E-state index is 13.0. The van der Waals surface area contributed by atoms with Crippen LogP contribution in [0.2, 0.25) is 0 Å². The number of aliphatic hydroxyl groups is 1. The maximum Gasteiger partial charge on any atom is 0.252 e. The van der Waals surface area contributed by atoms with Gasteiger partial charge >= 0.3 is 0 Å². The summed E-state index contributed by atoms with van der Waals surface area (Å²) in [6, 6.07) is 5.24. The average molecular weight is 316 g/mol. The molecule has 0 unspecified atom stereocenters. The second kappa shape index (κ2) is 6.36. The molecule has 0 bridgehead atoms. The normalized spacial score (nSPS) is 12.1. The van der Waals surface area contributed by atoms with E-state index in [2.05, 4.69) is 25.5 Å². The lowest BCUT2D eigenvalue weighted by molar-refractivity contribution is 0.276. The molecule has 0 aliphatic carbocycles. The molecule has 1 aromatic carbocycles. The van der Waals surface area contributed by atoms with E-state index in [0.717, 1.165) is 0 Å². The van der Waals surface area contributed by atoms with E-state index in [1.165, 1.54) is 24.7 Å². The van der Waals surface area contributed by atoms with Crippen LogP contribution in [-0.2, 0) is 0 Å². The molecular formula is C14H13FN6O2. The predicted molar refractivity (Wildman–Crippen MR) is 79.6 cm³/mol. The molecule has 23 heavy (non-hydrogen) atoms. The molecule has 4 N–H and O–H groups in total. The molecule has 0 saturated heterocycles. The van der Waals surface area contributed by atoms with Crippen molar-refractivity contribution in [2.75, 3.05) is 17.7 Å². The maximum absolute atomic E-state index is 13.0.